The van der Waals surface area contributed by atoms with Crippen LogP contribution in [0.3, 0.4) is 0 Å². The molecule has 1 aliphatic rings. The van der Waals surface area contributed by atoms with Gasteiger partial charge in [-0.15, -0.1) is 0 Å². The molecule has 1 fully saturated rings. The predicted molar refractivity (Wildman–Crippen MR) is 70.6 cm³/mol. The van der Waals surface area contributed by atoms with E-state index in [1.165, 1.54) is 17.0 Å². The van der Waals surface area contributed by atoms with Gasteiger partial charge in [0.25, 0.3) is 5.91 Å². The van der Waals surface area contributed by atoms with Crippen LogP contribution >= 0.6 is 0 Å². The van der Waals surface area contributed by atoms with Crippen LogP contribution in [0.5, 0.6) is 0 Å². The number of carbonyl (C=O) groups excluding carboxylic acids is 2. The Labute approximate surface area is 116 Å². The number of hydrogen-bond acceptors (Lipinski definition) is 3. The minimum Gasteiger partial charge on any atom is -0.368 e. The molecule has 2 rings (SSSR count). The van der Waals surface area contributed by atoms with Gasteiger partial charge in [-0.2, -0.15) is 0 Å². The number of aldehydes is 1. The van der Waals surface area contributed by atoms with Gasteiger partial charge in [0.15, 0.2) is 0 Å². The van der Waals surface area contributed by atoms with Crippen molar-refractivity contribution in [2.24, 2.45) is 0 Å². The predicted octanol–water partition coefficient (Wildman–Crippen LogP) is 1.37. The molecule has 1 saturated heterocycles. The van der Waals surface area contributed by atoms with Gasteiger partial charge < -0.3 is 9.80 Å². The smallest absolute Gasteiger partial charge is 0.286 e. The first-order chi connectivity index (χ1) is 9.56. The average molecular weight is 282 g/mol. The maximum absolute atomic E-state index is 13.7. The van der Waals surface area contributed by atoms with Crippen molar-refractivity contribution < 1.29 is 18.4 Å². The highest BCUT2D eigenvalue weighted by Gasteiger charge is 2.22. The molecular weight excluding hydrogens is 266 g/mol. The molecule has 0 saturated carbocycles. The van der Waals surface area contributed by atoms with Crippen LogP contribution in [0, 0.1) is 11.6 Å². The maximum atomic E-state index is 13.7. The third-order valence-electron chi connectivity index (χ3n) is 3.54. The molecule has 0 spiro atoms. The van der Waals surface area contributed by atoms with Crippen molar-refractivity contribution >= 4 is 17.9 Å². The number of halogens is 2. The number of amides is 1. The van der Waals surface area contributed by atoms with Crippen LogP contribution in [-0.2, 0) is 16.0 Å². The van der Waals surface area contributed by atoms with E-state index >= 15 is 0 Å². The summed E-state index contributed by atoms with van der Waals surface area (Å²) in [6.45, 7) is 3.34. The number of nitrogens with zero attached hydrogens (tertiary/aromatic N) is 2. The second-order valence-electron chi connectivity index (χ2n) is 4.67. The zero-order chi connectivity index (χ0) is 14.7. The Balaban J connectivity index is 2.11. The minimum atomic E-state index is -0.552. The van der Waals surface area contributed by atoms with Crippen LogP contribution in [0.15, 0.2) is 12.1 Å². The Morgan fingerprint density at radius 3 is 2.20 bits per heavy atom. The fourth-order valence-electron chi connectivity index (χ4n) is 2.37. The standard InChI is InChI=1S/C14H16F2N2O2/c1-2-11-12(15)7-10(8-13(11)16)17-3-5-18(6-4-17)14(20)9-19/h7-9H,2-6H2,1H3. The van der Waals surface area contributed by atoms with Crippen molar-refractivity contribution in [2.75, 3.05) is 31.1 Å². The molecule has 1 amide bonds. The van der Waals surface area contributed by atoms with Gasteiger partial charge in [0, 0.05) is 37.4 Å². The van der Waals surface area contributed by atoms with Gasteiger partial charge >= 0.3 is 0 Å². The fraction of sp³-hybridized carbons (Fsp3) is 0.429. The van der Waals surface area contributed by atoms with Gasteiger partial charge in [0.1, 0.15) is 11.6 Å². The summed E-state index contributed by atoms with van der Waals surface area (Å²) < 4.78 is 27.5. The highest BCUT2D eigenvalue weighted by atomic mass is 19.1. The summed E-state index contributed by atoms with van der Waals surface area (Å²) in [5.41, 5.74) is 0.555. The quantitative estimate of drug-likeness (QED) is 0.621. The van der Waals surface area contributed by atoms with E-state index in [0.717, 1.165) is 0 Å². The molecule has 0 bridgehead atoms. The van der Waals surface area contributed by atoms with Crippen LogP contribution in [0.25, 0.3) is 0 Å². The summed E-state index contributed by atoms with van der Waals surface area (Å²) in [5.74, 6) is -1.65. The van der Waals surface area contributed by atoms with Crippen molar-refractivity contribution in [3.8, 4) is 0 Å². The SMILES string of the molecule is CCc1c(F)cc(N2CCN(C(=O)C=O)CC2)cc1F. The van der Waals surface area contributed by atoms with E-state index in [-0.39, 0.29) is 11.8 Å². The summed E-state index contributed by atoms with van der Waals surface area (Å²) in [6, 6.07) is 2.64. The maximum Gasteiger partial charge on any atom is 0.286 e. The third kappa shape index (κ3) is 2.79. The van der Waals surface area contributed by atoms with Gasteiger partial charge in [-0.1, -0.05) is 6.92 Å². The molecule has 1 aliphatic heterocycles. The molecule has 20 heavy (non-hydrogen) atoms. The van der Waals surface area contributed by atoms with Gasteiger partial charge in [-0.3, -0.25) is 9.59 Å². The molecule has 108 valence electrons. The lowest BCUT2D eigenvalue weighted by molar-refractivity contribution is -0.139. The van der Waals surface area contributed by atoms with Crippen molar-refractivity contribution in [2.45, 2.75) is 13.3 Å². The third-order valence-corrected chi connectivity index (χ3v) is 3.54. The van der Waals surface area contributed by atoms with Crippen LogP contribution < -0.4 is 4.90 Å². The molecule has 0 atom stereocenters. The lowest BCUT2D eigenvalue weighted by Crippen LogP contribution is -2.49. The van der Waals surface area contributed by atoms with Crippen molar-refractivity contribution in [1.29, 1.82) is 0 Å². The summed E-state index contributed by atoms with van der Waals surface area (Å²) >= 11 is 0. The van der Waals surface area contributed by atoms with Crippen LogP contribution in [0.2, 0.25) is 0 Å². The Kier molecular flexibility index (Phi) is 4.32. The normalized spacial score (nSPS) is 15.3. The first-order valence-electron chi connectivity index (χ1n) is 6.53. The molecule has 4 nitrogen and oxygen atoms in total. The Bertz CT molecular complexity index is 503. The zero-order valence-corrected chi connectivity index (χ0v) is 11.2. The van der Waals surface area contributed by atoms with Crippen LogP contribution in [-0.4, -0.2) is 43.3 Å². The summed E-state index contributed by atoms with van der Waals surface area (Å²) in [4.78, 5) is 24.9. The number of carbonyl (C=O) groups is 2. The second kappa shape index (κ2) is 5.98. The molecule has 0 unspecified atom stereocenters. The lowest BCUT2D eigenvalue weighted by Gasteiger charge is -2.35. The zero-order valence-electron chi connectivity index (χ0n) is 11.2. The summed E-state index contributed by atoms with van der Waals surface area (Å²) in [5, 5.41) is 0. The molecule has 6 heteroatoms. The van der Waals surface area contributed by atoms with Gasteiger partial charge in [-0.05, 0) is 18.6 Å². The number of anilines is 1. The highest BCUT2D eigenvalue weighted by molar-refractivity contribution is 6.23. The van der Waals surface area contributed by atoms with Crippen LogP contribution in [0.4, 0.5) is 14.5 Å². The molecule has 0 radical (unpaired) electrons. The van der Waals surface area contributed by atoms with E-state index in [1.807, 2.05) is 0 Å². The summed E-state index contributed by atoms with van der Waals surface area (Å²) in [7, 11) is 0. The average Bonchev–Trinajstić information content (AvgIpc) is 2.46. The molecule has 1 heterocycles. The molecule has 1 aromatic rings. The lowest BCUT2D eigenvalue weighted by atomic mass is 10.1. The van der Waals surface area contributed by atoms with Gasteiger partial charge in [0.2, 0.25) is 6.29 Å². The second-order valence-corrected chi connectivity index (χ2v) is 4.67. The summed E-state index contributed by atoms with van der Waals surface area (Å²) in [6.07, 6.45) is 0.588. The van der Waals surface area contributed by atoms with E-state index in [0.29, 0.717) is 38.3 Å². The van der Waals surface area contributed by atoms with E-state index in [9.17, 15) is 18.4 Å². The Morgan fingerprint density at radius 1 is 1.20 bits per heavy atom. The Morgan fingerprint density at radius 2 is 1.75 bits per heavy atom. The number of rotatable bonds is 3. The van der Waals surface area contributed by atoms with Crippen molar-refractivity contribution in [3.05, 3.63) is 29.3 Å². The fourth-order valence-corrected chi connectivity index (χ4v) is 2.37. The number of hydrogen-bond donors (Lipinski definition) is 0. The topological polar surface area (TPSA) is 40.6 Å². The largest absolute Gasteiger partial charge is 0.368 e. The molecule has 1 aromatic carbocycles. The van der Waals surface area contributed by atoms with Crippen molar-refractivity contribution in [1.82, 2.24) is 4.90 Å². The minimum absolute atomic E-state index is 0.0866. The van der Waals surface area contributed by atoms with Gasteiger partial charge in [-0.25, -0.2) is 8.78 Å². The van der Waals surface area contributed by atoms with E-state index < -0.39 is 17.5 Å². The van der Waals surface area contributed by atoms with Crippen LogP contribution in [0.1, 0.15) is 12.5 Å². The molecular formula is C14H16F2N2O2. The first-order valence-corrected chi connectivity index (χ1v) is 6.53. The van der Waals surface area contributed by atoms with Gasteiger partial charge in [0.05, 0.1) is 0 Å². The number of benzene rings is 1. The van der Waals surface area contributed by atoms with E-state index in [4.69, 9.17) is 0 Å². The van der Waals surface area contributed by atoms with E-state index in [1.54, 1.807) is 11.8 Å². The van der Waals surface area contributed by atoms with Crippen molar-refractivity contribution in [3.63, 3.8) is 0 Å². The monoisotopic (exact) mass is 282 g/mol. The molecule has 0 N–H and O–H groups in total. The number of piperazine rings is 1. The highest BCUT2D eigenvalue weighted by Crippen LogP contribution is 2.23. The Hall–Kier alpha value is -1.98. The molecule has 0 aromatic heterocycles. The van der Waals surface area contributed by atoms with E-state index in [2.05, 4.69) is 0 Å². The first kappa shape index (κ1) is 14.4. The molecule has 0 aliphatic carbocycles.